The van der Waals surface area contributed by atoms with E-state index in [9.17, 15) is 9.59 Å². The van der Waals surface area contributed by atoms with Gasteiger partial charge in [0.15, 0.2) is 5.71 Å². The Hall–Kier alpha value is -3.28. The Kier molecular flexibility index (Phi) is 3.06. The molecule has 0 bridgehead atoms. The molecule has 6 nitrogen and oxygen atoms in total. The lowest BCUT2D eigenvalue weighted by Gasteiger charge is -2.08. The van der Waals surface area contributed by atoms with Gasteiger partial charge in [0.2, 0.25) is 0 Å². The highest BCUT2D eigenvalue weighted by Crippen LogP contribution is 2.27. The monoisotopic (exact) mass is 318 g/mol. The van der Waals surface area contributed by atoms with Crippen LogP contribution < -0.4 is 10.5 Å². The van der Waals surface area contributed by atoms with Crippen LogP contribution in [0, 0.1) is 6.92 Å². The van der Waals surface area contributed by atoms with Gasteiger partial charge in [-0.1, -0.05) is 30.3 Å². The molecule has 0 radical (unpaired) electrons. The summed E-state index contributed by atoms with van der Waals surface area (Å²) in [6, 6.07) is 14.5. The molecule has 2 heterocycles. The fraction of sp³-hybridized carbons (Fsp3) is 0.111. The molecule has 6 heteroatoms. The Bertz CT molecular complexity index is 1080. The molecule has 1 amide bonds. The van der Waals surface area contributed by atoms with E-state index in [0.29, 0.717) is 22.3 Å². The number of nitrogens with zero attached hydrogens (tertiary/aromatic N) is 4. The molecule has 3 aromatic rings. The molecular weight excluding hydrogens is 304 g/mol. The molecule has 0 unspecified atom stereocenters. The summed E-state index contributed by atoms with van der Waals surface area (Å²) >= 11 is 0. The van der Waals surface area contributed by atoms with Crippen LogP contribution in [0.4, 0.5) is 5.69 Å². The Morgan fingerprint density at radius 1 is 1.00 bits per heavy atom. The molecule has 0 N–H and O–H groups in total. The first-order chi connectivity index (χ1) is 11.6. The molecule has 0 saturated heterocycles. The summed E-state index contributed by atoms with van der Waals surface area (Å²) in [5, 5.41) is 4.82. The van der Waals surface area contributed by atoms with Gasteiger partial charge in [-0.05, 0) is 25.1 Å². The smallest absolute Gasteiger partial charge is 0.282 e. The number of aromatic nitrogens is 2. The van der Waals surface area contributed by atoms with Gasteiger partial charge < -0.3 is 4.90 Å². The minimum absolute atomic E-state index is 0.240. The van der Waals surface area contributed by atoms with Gasteiger partial charge in [0.05, 0.1) is 16.6 Å². The van der Waals surface area contributed by atoms with Crippen LogP contribution in [-0.2, 0) is 4.79 Å². The molecule has 1 aliphatic rings. The van der Waals surface area contributed by atoms with E-state index in [0.717, 1.165) is 5.69 Å². The average molecular weight is 318 g/mol. The zero-order chi connectivity index (χ0) is 16.8. The van der Waals surface area contributed by atoms with E-state index in [2.05, 4.69) is 10.1 Å². The normalized spacial score (nSPS) is 15.3. The quantitative estimate of drug-likeness (QED) is 0.688. The summed E-state index contributed by atoms with van der Waals surface area (Å²) in [5.74, 6) is 0.196. The number of hydrogen-bond donors (Lipinski definition) is 0. The lowest BCUT2D eigenvalue weighted by atomic mass is 10.1. The lowest BCUT2D eigenvalue weighted by Crippen LogP contribution is -2.28. The topological polar surface area (TPSA) is 67.6 Å². The zero-order valence-corrected chi connectivity index (χ0v) is 13.2. The van der Waals surface area contributed by atoms with E-state index >= 15 is 0 Å². The van der Waals surface area contributed by atoms with Crippen LogP contribution >= 0.6 is 0 Å². The van der Waals surface area contributed by atoms with Gasteiger partial charge in [-0.15, -0.1) is 0 Å². The summed E-state index contributed by atoms with van der Waals surface area (Å²) < 4.78 is 1.20. The summed E-state index contributed by atoms with van der Waals surface area (Å²) in [7, 11) is 1.69. The van der Waals surface area contributed by atoms with Crippen molar-refractivity contribution in [3.63, 3.8) is 0 Å². The van der Waals surface area contributed by atoms with E-state index in [4.69, 9.17) is 0 Å². The third-order valence-corrected chi connectivity index (χ3v) is 4.14. The number of hydrogen-bond acceptors (Lipinski definition) is 4. The predicted molar refractivity (Wildman–Crippen MR) is 92.5 cm³/mol. The number of fused-ring (bicyclic) bond motifs is 2. The number of anilines is 1. The van der Waals surface area contributed by atoms with Gasteiger partial charge in [0.1, 0.15) is 5.82 Å². The highest BCUT2D eigenvalue weighted by molar-refractivity contribution is 6.54. The maximum Gasteiger partial charge on any atom is 0.282 e. The van der Waals surface area contributed by atoms with Crippen molar-refractivity contribution in [3.8, 4) is 0 Å². The molecule has 0 atom stereocenters. The van der Waals surface area contributed by atoms with Crippen molar-refractivity contribution in [3.05, 3.63) is 70.3 Å². The molecule has 1 aliphatic heterocycles. The second-order valence-corrected chi connectivity index (χ2v) is 5.62. The standard InChI is InChI=1S/C18H14N4O2/c1-11-19-14-9-5-3-7-12(14)17(23)22(11)20-16-13-8-4-6-10-15(13)21(2)18(16)24/h3-10H,1-2H3/b20-16-. The summed E-state index contributed by atoms with van der Waals surface area (Å²) in [5.41, 5.74) is 2.07. The molecule has 2 aromatic carbocycles. The third kappa shape index (κ3) is 1.96. The first-order valence-corrected chi connectivity index (χ1v) is 7.53. The molecule has 1 aromatic heterocycles. The number of amides is 1. The van der Waals surface area contributed by atoms with Gasteiger partial charge in [-0.3, -0.25) is 9.59 Å². The molecule has 0 spiro atoms. The van der Waals surface area contributed by atoms with E-state index in [1.807, 2.05) is 30.3 Å². The maximum atomic E-state index is 12.7. The fourth-order valence-electron chi connectivity index (χ4n) is 2.90. The number of carbonyl (C=O) groups is 1. The van der Waals surface area contributed by atoms with Crippen molar-refractivity contribution in [2.24, 2.45) is 5.10 Å². The Morgan fingerprint density at radius 3 is 2.54 bits per heavy atom. The number of likely N-dealkylation sites (N-methyl/N-ethyl adjacent to an activating group) is 1. The highest BCUT2D eigenvalue weighted by atomic mass is 16.2. The molecule has 0 fully saturated rings. The molecule has 24 heavy (non-hydrogen) atoms. The summed E-state index contributed by atoms with van der Waals surface area (Å²) in [6.45, 7) is 1.70. The van der Waals surface area contributed by atoms with Crippen LogP contribution in [0.15, 0.2) is 58.4 Å². The zero-order valence-electron chi connectivity index (χ0n) is 13.2. The van der Waals surface area contributed by atoms with Crippen molar-refractivity contribution in [1.82, 2.24) is 9.66 Å². The third-order valence-electron chi connectivity index (χ3n) is 4.14. The van der Waals surface area contributed by atoms with Gasteiger partial charge in [0.25, 0.3) is 11.5 Å². The van der Waals surface area contributed by atoms with Gasteiger partial charge in [-0.25, -0.2) is 4.98 Å². The Labute approximate surface area is 137 Å². The molecule has 118 valence electrons. The first kappa shape index (κ1) is 14.3. The number of aryl methyl sites for hydroxylation is 1. The molecular formula is C18H14N4O2. The number of para-hydroxylation sites is 2. The average Bonchev–Trinajstić information content (AvgIpc) is 2.83. The fourth-order valence-corrected chi connectivity index (χ4v) is 2.90. The highest BCUT2D eigenvalue weighted by Gasteiger charge is 2.31. The number of rotatable bonds is 1. The van der Waals surface area contributed by atoms with Crippen LogP contribution in [0.25, 0.3) is 10.9 Å². The van der Waals surface area contributed by atoms with Gasteiger partial charge >= 0.3 is 0 Å². The van der Waals surface area contributed by atoms with E-state index in [1.165, 1.54) is 9.58 Å². The largest absolute Gasteiger partial charge is 0.309 e. The second kappa shape index (κ2) is 5.13. The lowest BCUT2D eigenvalue weighted by molar-refractivity contribution is -0.112. The minimum Gasteiger partial charge on any atom is -0.309 e. The van der Waals surface area contributed by atoms with Gasteiger partial charge in [-0.2, -0.15) is 9.78 Å². The van der Waals surface area contributed by atoms with Crippen molar-refractivity contribution in [2.45, 2.75) is 6.92 Å². The van der Waals surface area contributed by atoms with Crippen molar-refractivity contribution in [1.29, 1.82) is 0 Å². The number of carbonyl (C=O) groups excluding carboxylic acids is 1. The Morgan fingerprint density at radius 2 is 1.71 bits per heavy atom. The minimum atomic E-state index is -0.287. The van der Waals surface area contributed by atoms with Crippen LogP contribution in [0.5, 0.6) is 0 Å². The first-order valence-electron chi connectivity index (χ1n) is 7.53. The van der Waals surface area contributed by atoms with Crippen LogP contribution in [0.1, 0.15) is 11.4 Å². The van der Waals surface area contributed by atoms with Crippen LogP contribution in [-0.4, -0.2) is 28.3 Å². The Balaban J connectivity index is 1.99. The van der Waals surface area contributed by atoms with E-state index in [-0.39, 0.29) is 17.2 Å². The van der Waals surface area contributed by atoms with E-state index in [1.54, 1.807) is 32.2 Å². The number of benzene rings is 2. The second-order valence-electron chi connectivity index (χ2n) is 5.62. The van der Waals surface area contributed by atoms with Crippen molar-refractivity contribution in [2.75, 3.05) is 11.9 Å². The van der Waals surface area contributed by atoms with Crippen molar-refractivity contribution >= 4 is 28.2 Å². The summed E-state index contributed by atoms with van der Waals surface area (Å²) in [4.78, 5) is 31.2. The van der Waals surface area contributed by atoms with Crippen LogP contribution in [0.3, 0.4) is 0 Å². The predicted octanol–water partition coefficient (Wildman–Crippen LogP) is 1.93. The SMILES string of the molecule is Cc1nc2ccccc2c(=O)n1/N=C1\C(=O)N(C)c2ccccc21. The molecule has 0 aliphatic carbocycles. The van der Waals surface area contributed by atoms with Crippen LogP contribution in [0.2, 0.25) is 0 Å². The van der Waals surface area contributed by atoms with Crippen molar-refractivity contribution < 1.29 is 4.79 Å². The molecule has 0 saturated carbocycles. The van der Waals surface area contributed by atoms with E-state index < -0.39 is 0 Å². The van der Waals surface area contributed by atoms with Gasteiger partial charge in [0, 0.05) is 12.6 Å². The maximum absolute atomic E-state index is 12.7. The summed E-state index contributed by atoms with van der Waals surface area (Å²) in [6.07, 6.45) is 0. The molecule has 4 rings (SSSR count).